The van der Waals surface area contributed by atoms with Crippen molar-refractivity contribution in [2.24, 2.45) is 5.92 Å². The molecule has 1 aliphatic heterocycles. The second-order valence-corrected chi connectivity index (χ2v) is 6.18. The molecule has 1 saturated carbocycles. The average Bonchev–Trinajstić information content (AvgIpc) is 3.20. The van der Waals surface area contributed by atoms with E-state index in [1.807, 2.05) is 6.20 Å². The van der Waals surface area contributed by atoms with E-state index in [-0.39, 0.29) is 0 Å². The van der Waals surface area contributed by atoms with E-state index in [4.69, 9.17) is 0 Å². The zero-order valence-corrected chi connectivity index (χ0v) is 11.8. The molecule has 0 radical (unpaired) electrons. The molecule has 1 unspecified atom stereocenters. The van der Waals surface area contributed by atoms with E-state index in [1.165, 1.54) is 38.0 Å². The standard InChI is InChI=1S/C16H22N4/c1-4-15-17-8-10-20(15)16(5-1)19-9-2-3-13(12-19)11-18-14-6-7-14/h1,4-5,8,10,13-14,18H,2-3,6-7,9,11-12H2. The highest BCUT2D eigenvalue weighted by Gasteiger charge is 2.25. The zero-order valence-electron chi connectivity index (χ0n) is 11.8. The minimum Gasteiger partial charge on any atom is -0.357 e. The summed E-state index contributed by atoms with van der Waals surface area (Å²) in [7, 11) is 0. The summed E-state index contributed by atoms with van der Waals surface area (Å²) >= 11 is 0. The van der Waals surface area contributed by atoms with Gasteiger partial charge < -0.3 is 10.2 Å². The van der Waals surface area contributed by atoms with Gasteiger partial charge in [-0.15, -0.1) is 0 Å². The summed E-state index contributed by atoms with van der Waals surface area (Å²) in [5, 5.41) is 3.68. The third-order valence-corrected chi connectivity index (χ3v) is 4.52. The normalized spacial score (nSPS) is 23.4. The second kappa shape index (κ2) is 5.09. The average molecular weight is 270 g/mol. The Labute approximate surface area is 119 Å². The monoisotopic (exact) mass is 270 g/mol. The molecule has 0 spiro atoms. The van der Waals surface area contributed by atoms with Crippen molar-refractivity contribution < 1.29 is 0 Å². The van der Waals surface area contributed by atoms with Gasteiger partial charge in [0.25, 0.3) is 0 Å². The van der Waals surface area contributed by atoms with Gasteiger partial charge in [-0.1, -0.05) is 6.07 Å². The van der Waals surface area contributed by atoms with Crippen LogP contribution in [0.1, 0.15) is 25.7 Å². The van der Waals surface area contributed by atoms with Crippen molar-refractivity contribution in [2.75, 3.05) is 24.5 Å². The minimum absolute atomic E-state index is 0.781. The number of nitrogens with zero attached hydrogens (tertiary/aromatic N) is 3. The highest BCUT2D eigenvalue weighted by molar-refractivity contribution is 5.51. The van der Waals surface area contributed by atoms with E-state index in [0.29, 0.717) is 0 Å². The van der Waals surface area contributed by atoms with Crippen molar-refractivity contribution in [1.29, 1.82) is 0 Å². The number of pyridine rings is 1. The molecule has 20 heavy (non-hydrogen) atoms. The molecule has 2 aromatic rings. The fraction of sp³-hybridized carbons (Fsp3) is 0.562. The first kappa shape index (κ1) is 12.2. The van der Waals surface area contributed by atoms with E-state index in [1.54, 1.807) is 0 Å². The molecule has 0 aromatic carbocycles. The molecule has 4 heteroatoms. The Hall–Kier alpha value is -1.55. The largest absolute Gasteiger partial charge is 0.357 e. The third kappa shape index (κ3) is 2.40. The summed E-state index contributed by atoms with van der Waals surface area (Å²) in [5.74, 6) is 2.07. The van der Waals surface area contributed by atoms with Crippen molar-refractivity contribution in [2.45, 2.75) is 31.7 Å². The van der Waals surface area contributed by atoms with Gasteiger partial charge >= 0.3 is 0 Å². The number of hydrogen-bond donors (Lipinski definition) is 1. The molecule has 2 fully saturated rings. The maximum atomic E-state index is 4.38. The van der Waals surface area contributed by atoms with E-state index in [0.717, 1.165) is 30.7 Å². The van der Waals surface area contributed by atoms with Crippen LogP contribution in [0, 0.1) is 5.92 Å². The van der Waals surface area contributed by atoms with Crippen LogP contribution in [0.5, 0.6) is 0 Å². The topological polar surface area (TPSA) is 32.6 Å². The predicted octanol–water partition coefficient (Wildman–Crippen LogP) is 2.30. The molecule has 1 saturated heterocycles. The van der Waals surface area contributed by atoms with Crippen molar-refractivity contribution in [3.05, 3.63) is 30.6 Å². The van der Waals surface area contributed by atoms with E-state index in [2.05, 4.69) is 44.0 Å². The Balaban J connectivity index is 1.50. The summed E-state index contributed by atoms with van der Waals surface area (Å²) in [6.07, 6.45) is 9.36. The van der Waals surface area contributed by atoms with Gasteiger partial charge in [0.2, 0.25) is 0 Å². The first-order valence-electron chi connectivity index (χ1n) is 7.80. The number of imidazole rings is 1. The Kier molecular flexibility index (Phi) is 3.11. The molecule has 2 aliphatic rings. The van der Waals surface area contributed by atoms with Crippen molar-refractivity contribution in [3.63, 3.8) is 0 Å². The predicted molar refractivity (Wildman–Crippen MR) is 81.2 cm³/mol. The quantitative estimate of drug-likeness (QED) is 0.925. The van der Waals surface area contributed by atoms with Crippen LogP contribution in [-0.4, -0.2) is 35.1 Å². The molecule has 2 aromatic heterocycles. The summed E-state index contributed by atoms with van der Waals surface area (Å²) < 4.78 is 2.21. The molecule has 3 heterocycles. The number of aromatic nitrogens is 2. The van der Waals surface area contributed by atoms with Crippen molar-refractivity contribution in [1.82, 2.24) is 14.7 Å². The minimum atomic E-state index is 0.781. The van der Waals surface area contributed by atoms with E-state index >= 15 is 0 Å². The molecule has 0 amide bonds. The number of fused-ring (bicyclic) bond motifs is 1. The first-order valence-corrected chi connectivity index (χ1v) is 7.80. The molecule has 1 N–H and O–H groups in total. The van der Waals surface area contributed by atoms with Gasteiger partial charge in [0.05, 0.1) is 0 Å². The third-order valence-electron chi connectivity index (χ3n) is 4.52. The lowest BCUT2D eigenvalue weighted by molar-refractivity contribution is 0.389. The Morgan fingerprint density at radius 1 is 1.25 bits per heavy atom. The number of piperidine rings is 1. The van der Waals surface area contributed by atoms with Gasteiger partial charge in [-0.25, -0.2) is 4.98 Å². The summed E-state index contributed by atoms with van der Waals surface area (Å²) in [6.45, 7) is 3.51. The summed E-state index contributed by atoms with van der Waals surface area (Å²) in [6, 6.07) is 7.22. The summed E-state index contributed by atoms with van der Waals surface area (Å²) in [4.78, 5) is 6.91. The van der Waals surface area contributed by atoms with E-state index in [9.17, 15) is 0 Å². The van der Waals surface area contributed by atoms with Crippen LogP contribution in [0.4, 0.5) is 5.82 Å². The lowest BCUT2D eigenvalue weighted by Gasteiger charge is -2.34. The number of rotatable bonds is 4. The van der Waals surface area contributed by atoms with Gasteiger partial charge in [-0.3, -0.25) is 4.40 Å². The van der Waals surface area contributed by atoms with Crippen molar-refractivity contribution >= 4 is 11.5 Å². The number of nitrogens with one attached hydrogen (secondary N) is 1. The maximum absolute atomic E-state index is 4.38. The van der Waals surface area contributed by atoms with E-state index < -0.39 is 0 Å². The van der Waals surface area contributed by atoms with Gasteiger partial charge in [0, 0.05) is 31.5 Å². The van der Waals surface area contributed by atoms with Crippen LogP contribution in [0.25, 0.3) is 5.65 Å². The van der Waals surface area contributed by atoms with Crippen LogP contribution in [0.2, 0.25) is 0 Å². The molecular weight excluding hydrogens is 248 g/mol. The lowest BCUT2D eigenvalue weighted by atomic mass is 9.98. The molecule has 1 aliphatic carbocycles. The van der Waals surface area contributed by atoms with Crippen LogP contribution in [0.15, 0.2) is 30.6 Å². The Morgan fingerprint density at radius 2 is 2.20 bits per heavy atom. The fourth-order valence-corrected chi connectivity index (χ4v) is 3.25. The Bertz CT molecular complexity index is 587. The second-order valence-electron chi connectivity index (χ2n) is 6.18. The SMILES string of the molecule is c1cc(N2CCCC(CNC3CC3)C2)n2ccnc2c1. The van der Waals surface area contributed by atoms with Gasteiger partial charge in [0.15, 0.2) is 0 Å². The zero-order chi connectivity index (χ0) is 13.4. The molecule has 106 valence electrons. The molecule has 0 bridgehead atoms. The maximum Gasteiger partial charge on any atom is 0.138 e. The van der Waals surface area contributed by atoms with Crippen LogP contribution < -0.4 is 10.2 Å². The van der Waals surface area contributed by atoms with Gasteiger partial charge in [0.1, 0.15) is 11.5 Å². The molecule has 4 rings (SSSR count). The highest BCUT2D eigenvalue weighted by atomic mass is 15.2. The molecule has 1 atom stereocenters. The highest BCUT2D eigenvalue weighted by Crippen LogP contribution is 2.25. The Morgan fingerprint density at radius 3 is 3.10 bits per heavy atom. The van der Waals surface area contributed by atoms with Gasteiger partial charge in [-0.05, 0) is 50.3 Å². The number of anilines is 1. The van der Waals surface area contributed by atoms with Crippen molar-refractivity contribution in [3.8, 4) is 0 Å². The molecule has 4 nitrogen and oxygen atoms in total. The van der Waals surface area contributed by atoms with Crippen LogP contribution in [-0.2, 0) is 0 Å². The molecular formula is C16H22N4. The van der Waals surface area contributed by atoms with Gasteiger partial charge in [-0.2, -0.15) is 0 Å². The smallest absolute Gasteiger partial charge is 0.138 e. The van der Waals surface area contributed by atoms with Crippen LogP contribution in [0.3, 0.4) is 0 Å². The van der Waals surface area contributed by atoms with Crippen LogP contribution >= 0.6 is 0 Å². The summed E-state index contributed by atoms with van der Waals surface area (Å²) in [5.41, 5.74) is 1.04. The number of hydrogen-bond acceptors (Lipinski definition) is 3. The first-order chi connectivity index (χ1) is 9.90. The fourth-order valence-electron chi connectivity index (χ4n) is 3.25. The lowest BCUT2D eigenvalue weighted by Crippen LogP contribution is -2.40.